The van der Waals surface area contributed by atoms with Crippen molar-refractivity contribution in [2.75, 3.05) is 0 Å². The van der Waals surface area contributed by atoms with Crippen LogP contribution in [0.5, 0.6) is 0 Å². The molecule has 6 nitrogen and oxygen atoms in total. The molecule has 4 heterocycles. The van der Waals surface area contributed by atoms with Gasteiger partial charge in [0.1, 0.15) is 0 Å². The molecule has 1 aromatic carbocycles. The Hall–Kier alpha value is -3.49. The molecule has 34 heavy (non-hydrogen) atoms. The molecule has 1 unspecified atom stereocenters. The number of nitrogens with one attached hydrogen (secondary N) is 2. The Morgan fingerprint density at radius 2 is 2.00 bits per heavy atom. The van der Waals surface area contributed by atoms with E-state index in [0.717, 1.165) is 23.0 Å². The first-order valence-corrected chi connectivity index (χ1v) is 11.1. The number of azo groups is 1. The van der Waals surface area contributed by atoms with E-state index < -0.39 is 28.9 Å². The number of benzene rings is 1. The quantitative estimate of drug-likeness (QED) is 0.648. The maximum Gasteiger partial charge on any atom is 0.418 e. The van der Waals surface area contributed by atoms with Crippen molar-refractivity contribution in [3.63, 3.8) is 0 Å². The van der Waals surface area contributed by atoms with Crippen molar-refractivity contribution in [2.24, 2.45) is 10.2 Å². The Morgan fingerprint density at radius 1 is 1.21 bits per heavy atom. The second-order valence-electron chi connectivity index (χ2n) is 9.49. The monoisotopic (exact) mass is 467 g/mol. The molecule has 2 N–H and O–H groups in total. The molecule has 2 aromatic rings. The summed E-state index contributed by atoms with van der Waals surface area (Å²) in [6.07, 6.45) is -0.0148. The molecular formula is C25H24F3N5O. The normalized spacial score (nSPS) is 25.3. The highest BCUT2D eigenvalue weighted by molar-refractivity contribution is 6.00. The number of aromatic nitrogens is 1. The molecule has 9 heteroatoms. The van der Waals surface area contributed by atoms with Gasteiger partial charge in [0.05, 0.1) is 22.8 Å². The Morgan fingerprint density at radius 3 is 2.74 bits per heavy atom. The first kappa shape index (κ1) is 22.3. The van der Waals surface area contributed by atoms with Crippen LogP contribution in [-0.4, -0.2) is 22.6 Å². The number of rotatable bonds is 3. The van der Waals surface area contributed by atoms with E-state index in [9.17, 15) is 18.0 Å². The Balaban J connectivity index is 1.74. The summed E-state index contributed by atoms with van der Waals surface area (Å²) >= 11 is 0. The Bertz CT molecular complexity index is 1280. The van der Waals surface area contributed by atoms with Crippen LogP contribution in [0.25, 0.3) is 11.1 Å². The van der Waals surface area contributed by atoms with Crippen molar-refractivity contribution in [3.8, 4) is 11.1 Å². The van der Waals surface area contributed by atoms with Crippen LogP contribution in [0, 0.1) is 0 Å². The molecule has 0 bridgehead atoms. The minimum Gasteiger partial charge on any atom is -0.362 e. The van der Waals surface area contributed by atoms with E-state index in [-0.39, 0.29) is 11.5 Å². The lowest BCUT2D eigenvalue weighted by Crippen LogP contribution is -2.58. The van der Waals surface area contributed by atoms with Gasteiger partial charge in [-0.15, -0.1) is 0 Å². The molecule has 176 valence electrons. The van der Waals surface area contributed by atoms with Crippen LogP contribution in [0.4, 0.5) is 13.2 Å². The second kappa shape index (κ2) is 7.51. The zero-order chi connectivity index (χ0) is 24.3. The number of alkyl halides is 3. The highest BCUT2D eigenvalue weighted by atomic mass is 19.4. The molecule has 0 aliphatic carbocycles. The number of carbonyl (C=O) groups is 1. The van der Waals surface area contributed by atoms with E-state index in [1.165, 1.54) is 12.3 Å². The fourth-order valence-electron chi connectivity index (χ4n) is 5.43. The molecule has 0 spiro atoms. The van der Waals surface area contributed by atoms with E-state index in [0.29, 0.717) is 24.0 Å². The number of hydrogen-bond acceptors (Lipinski definition) is 5. The standard InChI is InChI=1S/C25H24F3N5O/c1-4-24(15-7-5-6-14(10-15)16-8-9-29-12-17(16)25(26,27)28)18-13-30-33-21(18)31-19-11-23(2,3)32-22(34)20(19)24/h5-10,12-13,21,31H,4,11H2,1-3H3,(H,32,34)/t21?,24-/m0/s1. The van der Waals surface area contributed by atoms with E-state index in [1.807, 2.05) is 26.8 Å². The summed E-state index contributed by atoms with van der Waals surface area (Å²) in [6, 6.07) is 8.35. The van der Waals surface area contributed by atoms with Crippen molar-refractivity contribution in [1.82, 2.24) is 15.6 Å². The van der Waals surface area contributed by atoms with Crippen molar-refractivity contribution >= 4 is 5.91 Å². The molecule has 5 rings (SSSR count). The predicted octanol–water partition coefficient (Wildman–Crippen LogP) is 5.25. The average molecular weight is 467 g/mol. The highest BCUT2D eigenvalue weighted by Gasteiger charge is 2.53. The third-order valence-electron chi connectivity index (χ3n) is 6.83. The lowest BCUT2D eigenvalue weighted by molar-refractivity contribution is -0.137. The number of amides is 1. The summed E-state index contributed by atoms with van der Waals surface area (Å²) in [4.78, 5) is 17.1. The van der Waals surface area contributed by atoms with Crippen molar-refractivity contribution in [2.45, 2.75) is 56.9 Å². The second-order valence-corrected chi connectivity index (χ2v) is 9.49. The SMILES string of the molecule is CC[C@]1(c2cccc(-c3ccncc3C(F)(F)F)c2)C2=CN=NC2NC2=C1C(=O)NC(C)(C)C2. The van der Waals surface area contributed by atoms with E-state index in [4.69, 9.17) is 0 Å². The van der Waals surface area contributed by atoms with E-state index in [2.05, 4.69) is 25.8 Å². The lowest BCUT2D eigenvalue weighted by atomic mass is 9.62. The first-order chi connectivity index (χ1) is 16.1. The number of carbonyl (C=O) groups excluding carboxylic acids is 1. The fraction of sp³-hybridized carbons (Fsp3) is 0.360. The molecule has 2 atom stereocenters. The van der Waals surface area contributed by atoms with Crippen LogP contribution in [0.1, 0.15) is 44.7 Å². The Labute approximate surface area is 195 Å². The maximum atomic E-state index is 13.7. The number of halogens is 3. The minimum atomic E-state index is -4.54. The first-order valence-electron chi connectivity index (χ1n) is 11.1. The fourth-order valence-corrected chi connectivity index (χ4v) is 5.43. The van der Waals surface area contributed by atoms with Crippen molar-refractivity contribution < 1.29 is 18.0 Å². The number of pyridine rings is 1. The van der Waals surface area contributed by atoms with Crippen molar-refractivity contribution in [1.29, 1.82) is 0 Å². The minimum absolute atomic E-state index is 0.0410. The lowest BCUT2D eigenvalue weighted by Gasteiger charge is -2.48. The molecule has 3 aliphatic rings. The summed E-state index contributed by atoms with van der Waals surface area (Å²) in [5, 5.41) is 14.9. The average Bonchev–Trinajstić information content (AvgIpc) is 3.25. The van der Waals surface area contributed by atoms with Gasteiger partial charge in [-0.3, -0.25) is 9.78 Å². The van der Waals surface area contributed by atoms with Crippen LogP contribution >= 0.6 is 0 Å². The zero-order valence-electron chi connectivity index (χ0n) is 19.0. The largest absolute Gasteiger partial charge is 0.418 e. The molecular weight excluding hydrogens is 443 g/mol. The zero-order valence-corrected chi connectivity index (χ0v) is 19.0. The molecule has 0 radical (unpaired) electrons. The summed E-state index contributed by atoms with van der Waals surface area (Å²) in [5.74, 6) is -0.197. The van der Waals surface area contributed by atoms with Gasteiger partial charge in [-0.25, -0.2) is 0 Å². The third-order valence-corrected chi connectivity index (χ3v) is 6.83. The van der Waals surface area contributed by atoms with Crippen LogP contribution in [0.15, 0.2) is 76.0 Å². The molecule has 0 fully saturated rings. The topological polar surface area (TPSA) is 78.7 Å². The van der Waals surface area contributed by atoms with Gasteiger partial charge in [0.2, 0.25) is 0 Å². The maximum absolute atomic E-state index is 13.7. The Kier molecular flexibility index (Phi) is 4.93. The summed E-state index contributed by atoms with van der Waals surface area (Å²) in [7, 11) is 0. The van der Waals surface area contributed by atoms with Gasteiger partial charge in [-0.05, 0) is 49.1 Å². The molecule has 0 saturated carbocycles. The molecule has 1 aromatic heterocycles. The van der Waals surface area contributed by atoms with Gasteiger partial charge in [0.25, 0.3) is 5.91 Å². The number of fused-ring (bicyclic) bond motifs is 1. The van der Waals surface area contributed by atoms with Gasteiger partial charge in [-0.1, -0.05) is 25.1 Å². The van der Waals surface area contributed by atoms with Gasteiger partial charge in [-0.2, -0.15) is 23.4 Å². The molecule has 1 amide bonds. The number of hydrogen-bond donors (Lipinski definition) is 2. The molecule has 0 saturated heterocycles. The highest BCUT2D eigenvalue weighted by Crippen LogP contribution is 2.51. The van der Waals surface area contributed by atoms with Crippen LogP contribution in [0.2, 0.25) is 0 Å². The van der Waals surface area contributed by atoms with E-state index in [1.54, 1.807) is 24.4 Å². The third kappa shape index (κ3) is 3.33. The van der Waals surface area contributed by atoms with Gasteiger partial charge in [0, 0.05) is 35.6 Å². The predicted molar refractivity (Wildman–Crippen MR) is 120 cm³/mol. The van der Waals surface area contributed by atoms with Crippen LogP contribution < -0.4 is 10.6 Å². The van der Waals surface area contributed by atoms with Gasteiger partial charge >= 0.3 is 6.18 Å². The van der Waals surface area contributed by atoms with E-state index >= 15 is 0 Å². The number of nitrogens with zero attached hydrogens (tertiary/aromatic N) is 3. The summed E-state index contributed by atoms with van der Waals surface area (Å²) in [5.41, 5.74) is 1.23. The molecule has 3 aliphatic heterocycles. The van der Waals surface area contributed by atoms with Gasteiger partial charge in [0.15, 0.2) is 6.17 Å². The summed E-state index contributed by atoms with van der Waals surface area (Å²) in [6.45, 7) is 5.88. The van der Waals surface area contributed by atoms with Crippen molar-refractivity contribution in [3.05, 3.63) is 76.9 Å². The van der Waals surface area contributed by atoms with Crippen LogP contribution in [0.3, 0.4) is 0 Å². The van der Waals surface area contributed by atoms with Crippen LogP contribution in [-0.2, 0) is 16.4 Å². The van der Waals surface area contributed by atoms with Gasteiger partial charge < -0.3 is 10.6 Å². The smallest absolute Gasteiger partial charge is 0.362 e. The summed E-state index contributed by atoms with van der Waals surface area (Å²) < 4.78 is 41.1.